The van der Waals surface area contributed by atoms with Gasteiger partial charge in [0.05, 0.1) is 5.69 Å². The quantitative estimate of drug-likeness (QED) is 0.782. The Balaban J connectivity index is 2.62. The molecule has 1 aromatic heterocycles. The van der Waals surface area contributed by atoms with E-state index in [1.54, 1.807) is 0 Å². The van der Waals surface area contributed by atoms with Crippen molar-refractivity contribution < 1.29 is 0 Å². The first-order valence-electron chi connectivity index (χ1n) is 5.51. The van der Waals surface area contributed by atoms with E-state index in [0.29, 0.717) is 0 Å². The molecule has 3 nitrogen and oxygen atoms in total. The molecule has 0 aliphatic heterocycles. The van der Waals surface area contributed by atoms with Crippen molar-refractivity contribution in [3.63, 3.8) is 0 Å². The van der Waals surface area contributed by atoms with Crippen molar-refractivity contribution in [2.75, 3.05) is 5.73 Å². The summed E-state index contributed by atoms with van der Waals surface area (Å²) in [6.07, 6.45) is 2.99. The third-order valence-corrected chi connectivity index (χ3v) is 2.91. The van der Waals surface area contributed by atoms with Gasteiger partial charge in [0.1, 0.15) is 0 Å². The van der Waals surface area contributed by atoms with E-state index in [0.717, 1.165) is 23.4 Å². The van der Waals surface area contributed by atoms with Crippen molar-refractivity contribution in [1.82, 2.24) is 9.78 Å². The zero-order valence-electron chi connectivity index (χ0n) is 9.99. The van der Waals surface area contributed by atoms with E-state index in [1.165, 1.54) is 11.1 Å². The fourth-order valence-electron chi connectivity index (χ4n) is 1.97. The molecule has 0 saturated carbocycles. The summed E-state index contributed by atoms with van der Waals surface area (Å²) in [4.78, 5) is 0. The summed E-state index contributed by atoms with van der Waals surface area (Å²) in [5.74, 6) is 0. The molecule has 1 heterocycles. The number of hydrogen-bond acceptors (Lipinski definition) is 2. The van der Waals surface area contributed by atoms with Crippen LogP contribution in [0.3, 0.4) is 0 Å². The molecule has 2 aromatic rings. The maximum atomic E-state index is 5.93. The molecular formula is C13H17N3. The van der Waals surface area contributed by atoms with Crippen LogP contribution in [0.2, 0.25) is 0 Å². The van der Waals surface area contributed by atoms with Crippen molar-refractivity contribution in [2.24, 2.45) is 7.05 Å². The Morgan fingerprint density at radius 1 is 1.31 bits per heavy atom. The maximum absolute atomic E-state index is 5.93. The highest BCUT2D eigenvalue weighted by Gasteiger charge is 2.11. The summed E-state index contributed by atoms with van der Waals surface area (Å²) in [6, 6.07) is 6.02. The fraction of sp³-hybridized carbons (Fsp3) is 0.308. The topological polar surface area (TPSA) is 43.8 Å². The summed E-state index contributed by atoms with van der Waals surface area (Å²) in [5.41, 5.74) is 11.4. The van der Waals surface area contributed by atoms with Crippen LogP contribution in [-0.4, -0.2) is 9.78 Å². The van der Waals surface area contributed by atoms with Crippen LogP contribution < -0.4 is 5.73 Å². The molecule has 0 fully saturated rings. The standard InChI is InChI=1S/C13H17N3/c1-4-13-11(8-16(3)15-13)10-6-5-7-12(14)9(10)2/h5-8H,4,14H2,1-3H3. The number of aromatic nitrogens is 2. The first-order valence-corrected chi connectivity index (χ1v) is 5.51. The Morgan fingerprint density at radius 2 is 2.06 bits per heavy atom. The van der Waals surface area contributed by atoms with Crippen molar-refractivity contribution >= 4 is 5.69 Å². The largest absolute Gasteiger partial charge is 0.398 e. The lowest BCUT2D eigenvalue weighted by atomic mass is 9.99. The molecule has 2 N–H and O–H groups in total. The monoisotopic (exact) mass is 215 g/mol. The number of nitrogen functional groups attached to an aromatic ring is 1. The second-order valence-electron chi connectivity index (χ2n) is 4.04. The van der Waals surface area contributed by atoms with Crippen molar-refractivity contribution in [3.8, 4) is 11.1 Å². The van der Waals surface area contributed by atoms with Gasteiger partial charge in [-0.05, 0) is 30.5 Å². The third kappa shape index (κ3) is 1.69. The highest BCUT2D eigenvalue weighted by atomic mass is 15.2. The van der Waals surface area contributed by atoms with E-state index < -0.39 is 0 Å². The molecule has 0 aliphatic carbocycles. The van der Waals surface area contributed by atoms with Crippen molar-refractivity contribution in [1.29, 1.82) is 0 Å². The van der Waals surface area contributed by atoms with E-state index in [2.05, 4.69) is 31.2 Å². The van der Waals surface area contributed by atoms with E-state index in [-0.39, 0.29) is 0 Å². The normalized spacial score (nSPS) is 10.7. The second-order valence-corrected chi connectivity index (χ2v) is 4.04. The summed E-state index contributed by atoms with van der Waals surface area (Å²) >= 11 is 0. The molecule has 0 atom stereocenters. The number of aryl methyl sites for hydroxylation is 2. The summed E-state index contributed by atoms with van der Waals surface area (Å²) in [7, 11) is 1.95. The van der Waals surface area contributed by atoms with Gasteiger partial charge in [0.2, 0.25) is 0 Å². The maximum Gasteiger partial charge on any atom is 0.0700 e. The Labute approximate surface area is 95.9 Å². The van der Waals surface area contributed by atoms with Crippen molar-refractivity contribution in [2.45, 2.75) is 20.3 Å². The van der Waals surface area contributed by atoms with E-state index in [1.807, 2.05) is 23.9 Å². The van der Waals surface area contributed by atoms with E-state index in [9.17, 15) is 0 Å². The van der Waals surface area contributed by atoms with Gasteiger partial charge in [0.25, 0.3) is 0 Å². The van der Waals surface area contributed by atoms with Gasteiger partial charge in [-0.25, -0.2) is 0 Å². The van der Waals surface area contributed by atoms with Gasteiger partial charge in [0.15, 0.2) is 0 Å². The molecule has 84 valence electrons. The Bertz CT molecular complexity index is 512. The molecule has 0 radical (unpaired) electrons. The molecule has 0 bridgehead atoms. The average Bonchev–Trinajstić information content (AvgIpc) is 2.63. The average molecular weight is 215 g/mol. The molecule has 2 rings (SSSR count). The molecule has 0 amide bonds. The van der Waals surface area contributed by atoms with Crippen LogP contribution in [0.5, 0.6) is 0 Å². The lowest BCUT2D eigenvalue weighted by Crippen LogP contribution is -1.93. The summed E-state index contributed by atoms with van der Waals surface area (Å²) < 4.78 is 1.86. The molecule has 0 unspecified atom stereocenters. The second kappa shape index (κ2) is 4.00. The highest BCUT2D eigenvalue weighted by molar-refractivity contribution is 5.73. The number of rotatable bonds is 2. The Morgan fingerprint density at radius 3 is 2.75 bits per heavy atom. The van der Waals surface area contributed by atoms with Gasteiger partial charge >= 0.3 is 0 Å². The summed E-state index contributed by atoms with van der Waals surface area (Å²) in [6.45, 7) is 4.17. The first-order chi connectivity index (χ1) is 7.63. The minimum atomic E-state index is 0.836. The Kier molecular flexibility index (Phi) is 2.69. The zero-order chi connectivity index (χ0) is 11.7. The number of anilines is 1. The van der Waals surface area contributed by atoms with Crippen LogP contribution in [0.25, 0.3) is 11.1 Å². The van der Waals surface area contributed by atoms with Crippen LogP contribution in [0.4, 0.5) is 5.69 Å². The van der Waals surface area contributed by atoms with E-state index >= 15 is 0 Å². The fourth-order valence-corrected chi connectivity index (χ4v) is 1.97. The Hall–Kier alpha value is -1.77. The van der Waals surface area contributed by atoms with Crippen LogP contribution in [-0.2, 0) is 13.5 Å². The molecule has 0 spiro atoms. The molecule has 0 aliphatic rings. The molecule has 0 saturated heterocycles. The van der Waals surface area contributed by atoms with Crippen LogP contribution in [0, 0.1) is 6.92 Å². The summed E-state index contributed by atoms with van der Waals surface area (Å²) in [5, 5.41) is 4.45. The van der Waals surface area contributed by atoms with Gasteiger partial charge < -0.3 is 5.73 Å². The SMILES string of the molecule is CCc1nn(C)cc1-c1cccc(N)c1C. The molecule has 16 heavy (non-hydrogen) atoms. The number of hydrogen-bond donors (Lipinski definition) is 1. The molecular weight excluding hydrogens is 198 g/mol. The lowest BCUT2D eigenvalue weighted by Gasteiger charge is -2.07. The molecule has 3 heteroatoms. The molecule has 1 aromatic carbocycles. The zero-order valence-corrected chi connectivity index (χ0v) is 9.99. The number of nitrogens with zero attached hydrogens (tertiary/aromatic N) is 2. The minimum Gasteiger partial charge on any atom is -0.398 e. The number of nitrogens with two attached hydrogens (primary N) is 1. The predicted molar refractivity (Wildman–Crippen MR) is 67.2 cm³/mol. The van der Waals surface area contributed by atoms with Gasteiger partial charge in [-0.15, -0.1) is 0 Å². The number of benzene rings is 1. The smallest absolute Gasteiger partial charge is 0.0700 e. The van der Waals surface area contributed by atoms with Crippen molar-refractivity contribution in [3.05, 3.63) is 35.7 Å². The minimum absolute atomic E-state index is 0.836. The van der Waals surface area contributed by atoms with Gasteiger partial charge in [-0.1, -0.05) is 19.1 Å². The first kappa shape index (κ1) is 10.7. The third-order valence-electron chi connectivity index (χ3n) is 2.91. The van der Waals surface area contributed by atoms with Crippen LogP contribution >= 0.6 is 0 Å². The van der Waals surface area contributed by atoms with Gasteiger partial charge in [-0.2, -0.15) is 5.10 Å². The van der Waals surface area contributed by atoms with Gasteiger partial charge in [0, 0.05) is 24.5 Å². The van der Waals surface area contributed by atoms with Gasteiger partial charge in [-0.3, -0.25) is 4.68 Å². The van der Waals surface area contributed by atoms with Crippen LogP contribution in [0.15, 0.2) is 24.4 Å². The van der Waals surface area contributed by atoms with E-state index in [4.69, 9.17) is 5.73 Å². The predicted octanol–water partition coefficient (Wildman–Crippen LogP) is 2.54. The van der Waals surface area contributed by atoms with Crippen LogP contribution in [0.1, 0.15) is 18.2 Å². The highest BCUT2D eigenvalue weighted by Crippen LogP contribution is 2.29. The lowest BCUT2D eigenvalue weighted by molar-refractivity contribution is 0.746.